The van der Waals surface area contributed by atoms with E-state index in [0.717, 1.165) is 33.7 Å². The Bertz CT molecular complexity index is 716. The van der Waals surface area contributed by atoms with Crippen LogP contribution in [-0.4, -0.2) is 4.98 Å². The molecule has 0 radical (unpaired) electrons. The highest BCUT2D eigenvalue weighted by Crippen LogP contribution is 2.24. The van der Waals surface area contributed by atoms with Gasteiger partial charge in [0, 0.05) is 11.6 Å². The highest BCUT2D eigenvalue weighted by molar-refractivity contribution is 5.79. The van der Waals surface area contributed by atoms with Crippen LogP contribution in [0.25, 0.3) is 11.0 Å². The van der Waals surface area contributed by atoms with Crippen molar-refractivity contribution in [3.63, 3.8) is 0 Å². The van der Waals surface area contributed by atoms with E-state index in [0.29, 0.717) is 6.61 Å². The van der Waals surface area contributed by atoms with Crippen LogP contribution in [0.15, 0.2) is 47.0 Å². The molecule has 96 valence electrons. The van der Waals surface area contributed by atoms with Crippen molar-refractivity contribution in [1.82, 2.24) is 4.98 Å². The summed E-state index contributed by atoms with van der Waals surface area (Å²) in [6, 6.07) is 11.8. The van der Waals surface area contributed by atoms with Crippen molar-refractivity contribution in [1.29, 1.82) is 0 Å². The minimum Gasteiger partial charge on any atom is -0.487 e. The second-order valence-corrected chi connectivity index (χ2v) is 4.61. The summed E-state index contributed by atoms with van der Waals surface area (Å²) in [5.74, 6) is 1.74. The molecular weight excluding hydrogens is 238 g/mol. The van der Waals surface area contributed by atoms with E-state index in [1.165, 1.54) is 0 Å². The Balaban J connectivity index is 1.80. The number of hydrogen-bond acceptors (Lipinski definition) is 3. The first-order valence-electron chi connectivity index (χ1n) is 6.26. The molecule has 0 aliphatic rings. The maximum absolute atomic E-state index is 5.79. The second-order valence-electron chi connectivity index (χ2n) is 4.61. The zero-order valence-corrected chi connectivity index (χ0v) is 11.0. The van der Waals surface area contributed by atoms with Gasteiger partial charge in [0.15, 0.2) is 0 Å². The number of ether oxygens (including phenoxy) is 1. The molecule has 0 atom stereocenters. The first-order valence-corrected chi connectivity index (χ1v) is 6.26. The van der Waals surface area contributed by atoms with Gasteiger partial charge >= 0.3 is 0 Å². The van der Waals surface area contributed by atoms with Gasteiger partial charge in [-0.15, -0.1) is 0 Å². The molecule has 0 saturated heterocycles. The average Bonchev–Trinajstić information content (AvgIpc) is 2.77. The Morgan fingerprint density at radius 3 is 2.89 bits per heavy atom. The lowest BCUT2D eigenvalue weighted by atomic mass is 10.2. The molecule has 0 fully saturated rings. The van der Waals surface area contributed by atoms with Crippen molar-refractivity contribution in [2.75, 3.05) is 0 Å². The summed E-state index contributed by atoms with van der Waals surface area (Å²) in [5, 5.41) is 1.06. The fraction of sp³-hybridized carbons (Fsp3) is 0.188. The third-order valence-corrected chi connectivity index (χ3v) is 3.10. The number of benzene rings is 1. The quantitative estimate of drug-likeness (QED) is 0.707. The van der Waals surface area contributed by atoms with Gasteiger partial charge in [0.25, 0.3) is 0 Å². The van der Waals surface area contributed by atoms with Gasteiger partial charge in [-0.3, -0.25) is 4.98 Å². The molecule has 19 heavy (non-hydrogen) atoms. The van der Waals surface area contributed by atoms with Crippen molar-refractivity contribution < 1.29 is 9.15 Å². The van der Waals surface area contributed by atoms with E-state index < -0.39 is 0 Å². The maximum atomic E-state index is 5.79. The summed E-state index contributed by atoms with van der Waals surface area (Å²) in [6.07, 6.45) is 1.79. The van der Waals surface area contributed by atoms with Crippen molar-refractivity contribution in [3.8, 4) is 5.75 Å². The molecule has 0 aliphatic heterocycles. The first kappa shape index (κ1) is 11.8. The third kappa shape index (κ3) is 2.45. The molecule has 2 aromatic heterocycles. The fourth-order valence-electron chi connectivity index (χ4n) is 2.07. The van der Waals surface area contributed by atoms with Gasteiger partial charge in [-0.25, -0.2) is 0 Å². The number of nitrogens with zero attached hydrogens (tertiary/aromatic N) is 1. The Morgan fingerprint density at radius 2 is 2.05 bits per heavy atom. The van der Waals surface area contributed by atoms with E-state index in [9.17, 15) is 0 Å². The molecule has 2 heterocycles. The van der Waals surface area contributed by atoms with E-state index in [4.69, 9.17) is 9.15 Å². The lowest BCUT2D eigenvalue weighted by Gasteiger charge is -2.07. The highest BCUT2D eigenvalue weighted by atomic mass is 16.5. The van der Waals surface area contributed by atoms with E-state index in [1.807, 2.05) is 50.2 Å². The normalized spacial score (nSPS) is 10.8. The fourth-order valence-corrected chi connectivity index (χ4v) is 2.07. The maximum Gasteiger partial charge on any atom is 0.134 e. The van der Waals surface area contributed by atoms with Crippen LogP contribution in [0.2, 0.25) is 0 Å². The van der Waals surface area contributed by atoms with Gasteiger partial charge in [-0.1, -0.05) is 6.07 Å². The summed E-state index contributed by atoms with van der Waals surface area (Å²) in [5.41, 5.74) is 2.99. The topological polar surface area (TPSA) is 35.3 Å². The minimum absolute atomic E-state index is 0.481. The smallest absolute Gasteiger partial charge is 0.134 e. The van der Waals surface area contributed by atoms with Gasteiger partial charge in [-0.05, 0) is 49.7 Å². The van der Waals surface area contributed by atoms with Gasteiger partial charge < -0.3 is 9.15 Å². The van der Waals surface area contributed by atoms with Crippen LogP contribution in [0.4, 0.5) is 0 Å². The molecule has 0 spiro atoms. The summed E-state index contributed by atoms with van der Waals surface area (Å²) < 4.78 is 11.3. The Kier molecular flexibility index (Phi) is 2.95. The highest BCUT2D eigenvalue weighted by Gasteiger charge is 2.04. The first-order chi connectivity index (χ1) is 9.22. The van der Waals surface area contributed by atoms with Crippen LogP contribution < -0.4 is 4.74 Å². The van der Waals surface area contributed by atoms with Gasteiger partial charge in [0.05, 0.1) is 5.69 Å². The Labute approximate surface area is 111 Å². The van der Waals surface area contributed by atoms with Crippen molar-refractivity contribution >= 4 is 11.0 Å². The molecule has 0 N–H and O–H groups in total. The lowest BCUT2D eigenvalue weighted by molar-refractivity contribution is 0.301. The predicted octanol–water partition coefficient (Wildman–Crippen LogP) is 4.02. The largest absolute Gasteiger partial charge is 0.487 e. The van der Waals surface area contributed by atoms with Crippen LogP contribution >= 0.6 is 0 Å². The van der Waals surface area contributed by atoms with E-state index in [-0.39, 0.29) is 0 Å². The van der Waals surface area contributed by atoms with Crippen LogP contribution in [0.5, 0.6) is 5.75 Å². The molecule has 3 nitrogen and oxygen atoms in total. The number of furan rings is 1. The number of pyridine rings is 1. The van der Waals surface area contributed by atoms with Gasteiger partial charge in [0.1, 0.15) is 23.7 Å². The Morgan fingerprint density at radius 1 is 1.16 bits per heavy atom. The number of hydrogen-bond donors (Lipinski definition) is 0. The summed E-state index contributed by atoms with van der Waals surface area (Å²) in [7, 11) is 0. The van der Waals surface area contributed by atoms with Crippen LogP contribution in [-0.2, 0) is 6.61 Å². The molecular formula is C16H15NO2. The standard InChI is InChI=1S/C16H15NO2/c1-11-4-3-7-17-15(11)10-18-14-5-6-16-13(9-14)8-12(2)19-16/h3-9H,10H2,1-2H3. The monoisotopic (exact) mass is 253 g/mol. The molecule has 0 bridgehead atoms. The second kappa shape index (κ2) is 4.76. The average molecular weight is 253 g/mol. The van der Waals surface area contributed by atoms with E-state index >= 15 is 0 Å². The molecule has 3 aromatic rings. The SMILES string of the molecule is Cc1cc2cc(OCc3ncccc3C)ccc2o1. The van der Waals surface area contributed by atoms with Gasteiger partial charge in [0.2, 0.25) is 0 Å². The third-order valence-electron chi connectivity index (χ3n) is 3.10. The number of rotatable bonds is 3. The van der Waals surface area contributed by atoms with Crippen molar-refractivity contribution in [2.24, 2.45) is 0 Å². The van der Waals surface area contributed by atoms with E-state index in [1.54, 1.807) is 6.20 Å². The zero-order chi connectivity index (χ0) is 13.2. The zero-order valence-electron chi connectivity index (χ0n) is 11.0. The van der Waals surface area contributed by atoms with Crippen LogP contribution in [0, 0.1) is 13.8 Å². The van der Waals surface area contributed by atoms with E-state index in [2.05, 4.69) is 4.98 Å². The summed E-state index contributed by atoms with van der Waals surface area (Å²) >= 11 is 0. The molecule has 1 aromatic carbocycles. The molecule has 0 amide bonds. The number of fused-ring (bicyclic) bond motifs is 1. The summed E-state index contributed by atoms with van der Waals surface area (Å²) in [4.78, 5) is 4.32. The minimum atomic E-state index is 0.481. The number of aromatic nitrogens is 1. The van der Waals surface area contributed by atoms with Crippen LogP contribution in [0.1, 0.15) is 17.0 Å². The molecule has 0 aliphatic carbocycles. The predicted molar refractivity (Wildman–Crippen MR) is 74.3 cm³/mol. The van der Waals surface area contributed by atoms with Crippen LogP contribution in [0.3, 0.4) is 0 Å². The number of aryl methyl sites for hydroxylation is 2. The Hall–Kier alpha value is -2.29. The molecule has 0 unspecified atom stereocenters. The summed E-state index contributed by atoms with van der Waals surface area (Å²) in [6.45, 7) is 4.46. The molecule has 0 saturated carbocycles. The van der Waals surface area contributed by atoms with Crippen molar-refractivity contribution in [2.45, 2.75) is 20.5 Å². The van der Waals surface area contributed by atoms with Gasteiger partial charge in [-0.2, -0.15) is 0 Å². The lowest BCUT2D eigenvalue weighted by Crippen LogP contribution is -2.00. The molecule has 3 rings (SSSR count). The van der Waals surface area contributed by atoms with Crippen molar-refractivity contribution in [3.05, 3.63) is 59.6 Å². The molecule has 3 heteroatoms.